The van der Waals surface area contributed by atoms with Crippen LogP contribution in [0.25, 0.3) is 5.57 Å². The van der Waals surface area contributed by atoms with Crippen molar-refractivity contribution < 1.29 is 14.0 Å². The van der Waals surface area contributed by atoms with Crippen molar-refractivity contribution in [2.24, 2.45) is 17.8 Å². The number of hydrogen-bond donors (Lipinski definition) is 1. The van der Waals surface area contributed by atoms with Gasteiger partial charge in [0.15, 0.2) is 0 Å². The fourth-order valence-corrected chi connectivity index (χ4v) is 6.43. The van der Waals surface area contributed by atoms with Crippen LogP contribution in [0, 0.1) is 23.6 Å². The largest absolute Gasteiger partial charge is 0.497 e. The van der Waals surface area contributed by atoms with Crippen molar-refractivity contribution >= 4 is 5.57 Å². The normalized spacial score (nSPS) is 36.4. The van der Waals surface area contributed by atoms with Gasteiger partial charge in [-0.25, -0.2) is 4.39 Å². The van der Waals surface area contributed by atoms with E-state index in [4.69, 9.17) is 4.74 Å². The molecule has 4 bridgehead atoms. The van der Waals surface area contributed by atoms with Crippen molar-refractivity contribution in [2.75, 3.05) is 20.2 Å². The standard InChI is InChI=1S/C21H26FNO/c1-3-13-6-12-7-19-17-10-18-16(8-14(24-2)9-20(18)22)15(17)4-5-23(11-12)21(13)19/h8-9,12-13,19,21H,3-7,10-11H2,1-2H3/p+1/t12-,13+,19+,21+/m1/s1. The van der Waals surface area contributed by atoms with Gasteiger partial charge in [0.25, 0.3) is 0 Å². The molecule has 0 spiro atoms. The molecule has 6 rings (SSSR count). The highest BCUT2D eigenvalue weighted by Crippen LogP contribution is 2.49. The van der Waals surface area contributed by atoms with Crippen LogP contribution in [0.5, 0.6) is 5.75 Å². The molecule has 2 nitrogen and oxygen atoms in total. The molecule has 2 saturated heterocycles. The van der Waals surface area contributed by atoms with E-state index in [9.17, 15) is 4.39 Å². The molecular weight excluding hydrogens is 301 g/mol. The van der Waals surface area contributed by atoms with Gasteiger partial charge in [0, 0.05) is 30.2 Å². The highest BCUT2D eigenvalue weighted by molar-refractivity contribution is 5.78. The molecule has 1 aromatic rings. The summed E-state index contributed by atoms with van der Waals surface area (Å²) in [4.78, 5) is 1.84. The summed E-state index contributed by atoms with van der Waals surface area (Å²) >= 11 is 0. The Bertz CT molecular complexity index is 725. The number of methoxy groups -OCH3 is 1. The van der Waals surface area contributed by atoms with Gasteiger partial charge in [-0.05, 0) is 48.4 Å². The first-order chi connectivity index (χ1) is 11.7. The van der Waals surface area contributed by atoms with Crippen molar-refractivity contribution in [3.05, 3.63) is 34.6 Å². The van der Waals surface area contributed by atoms with Gasteiger partial charge < -0.3 is 9.64 Å². The van der Waals surface area contributed by atoms with Gasteiger partial charge in [0.2, 0.25) is 0 Å². The molecule has 0 amide bonds. The molecule has 3 heteroatoms. The summed E-state index contributed by atoms with van der Waals surface area (Å²) in [5, 5.41) is 0. The Kier molecular flexibility index (Phi) is 3.31. The van der Waals surface area contributed by atoms with Crippen LogP contribution in [0.3, 0.4) is 0 Å². The SMILES string of the molecule is CC[C@H]1C[C@@H]2C[C@H]3C4=C(CC[NH+](C2)[C@@H]13)c1cc(OC)cc(F)c1C4. The van der Waals surface area contributed by atoms with Crippen molar-refractivity contribution in [1.82, 2.24) is 0 Å². The minimum absolute atomic E-state index is 0.0744. The third-order valence-corrected chi connectivity index (χ3v) is 7.34. The van der Waals surface area contributed by atoms with Crippen LogP contribution in [0.2, 0.25) is 0 Å². The monoisotopic (exact) mass is 328 g/mol. The van der Waals surface area contributed by atoms with Crippen LogP contribution in [0.4, 0.5) is 4.39 Å². The number of nitrogens with one attached hydrogen (secondary N) is 1. The van der Waals surface area contributed by atoms with Crippen LogP contribution >= 0.6 is 0 Å². The predicted molar refractivity (Wildman–Crippen MR) is 92.7 cm³/mol. The van der Waals surface area contributed by atoms with Gasteiger partial charge in [-0.1, -0.05) is 12.5 Å². The molecule has 0 radical (unpaired) electrons. The van der Waals surface area contributed by atoms with Crippen molar-refractivity contribution in [1.29, 1.82) is 0 Å². The number of ether oxygens (including phenoxy) is 1. The molecule has 3 fully saturated rings. The molecule has 1 unspecified atom stereocenters. The lowest BCUT2D eigenvalue weighted by atomic mass is 9.64. The fourth-order valence-electron chi connectivity index (χ4n) is 6.43. The van der Waals surface area contributed by atoms with Crippen molar-refractivity contribution in [2.45, 2.75) is 45.1 Å². The first kappa shape index (κ1) is 14.9. The van der Waals surface area contributed by atoms with Crippen LogP contribution in [-0.4, -0.2) is 26.2 Å². The van der Waals surface area contributed by atoms with E-state index < -0.39 is 0 Å². The molecule has 2 aliphatic carbocycles. The second-order valence-electron chi connectivity index (χ2n) is 8.32. The zero-order valence-corrected chi connectivity index (χ0v) is 14.7. The van der Waals surface area contributed by atoms with Gasteiger partial charge in [-0.15, -0.1) is 0 Å². The number of piperidine rings is 2. The Balaban J connectivity index is 1.60. The maximum absolute atomic E-state index is 14.6. The Morgan fingerprint density at radius 2 is 2.17 bits per heavy atom. The molecule has 5 atom stereocenters. The van der Waals surface area contributed by atoms with Crippen LogP contribution in [0.15, 0.2) is 17.7 Å². The van der Waals surface area contributed by atoms with E-state index in [2.05, 4.69) is 13.0 Å². The van der Waals surface area contributed by atoms with Gasteiger partial charge >= 0.3 is 0 Å². The van der Waals surface area contributed by atoms with Gasteiger partial charge in [0.1, 0.15) is 11.6 Å². The molecule has 3 heterocycles. The molecule has 0 aromatic heterocycles. The fraction of sp³-hybridized carbons (Fsp3) is 0.619. The van der Waals surface area contributed by atoms with Gasteiger partial charge in [-0.2, -0.15) is 0 Å². The van der Waals surface area contributed by atoms with Gasteiger partial charge in [-0.3, -0.25) is 0 Å². The third-order valence-electron chi connectivity index (χ3n) is 7.34. The van der Waals surface area contributed by atoms with E-state index in [1.165, 1.54) is 37.9 Å². The second kappa shape index (κ2) is 5.32. The third kappa shape index (κ3) is 1.97. The lowest BCUT2D eigenvalue weighted by molar-refractivity contribution is -0.947. The molecule has 1 N–H and O–H groups in total. The first-order valence-corrected chi connectivity index (χ1v) is 9.62. The lowest BCUT2D eigenvalue weighted by Gasteiger charge is -2.51. The van der Waals surface area contributed by atoms with Crippen molar-refractivity contribution in [3.63, 3.8) is 0 Å². The van der Waals surface area contributed by atoms with E-state index in [0.717, 1.165) is 41.8 Å². The summed E-state index contributed by atoms with van der Waals surface area (Å²) in [5.41, 5.74) is 5.13. The molecule has 3 aliphatic heterocycles. The van der Waals surface area contributed by atoms with Crippen molar-refractivity contribution in [3.8, 4) is 5.75 Å². The average Bonchev–Trinajstić information content (AvgIpc) is 2.93. The first-order valence-electron chi connectivity index (χ1n) is 9.62. The van der Waals surface area contributed by atoms with E-state index in [1.807, 2.05) is 4.90 Å². The zero-order valence-electron chi connectivity index (χ0n) is 14.7. The summed E-state index contributed by atoms with van der Waals surface area (Å²) < 4.78 is 20.0. The maximum Gasteiger partial charge on any atom is 0.131 e. The Hall–Kier alpha value is -1.35. The van der Waals surface area contributed by atoms with Gasteiger partial charge in [0.05, 0.1) is 26.2 Å². The Morgan fingerprint density at radius 1 is 1.29 bits per heavy atom. The zero-order chi connectivity index (χ0) is 16.4. The molecule has 128 valence electrons. The summed E-state index contributed by atoms with van der Waals surface area (Å²) in [6.07, 6.45) is 6.03. The number of benzene rings is 1. The van der Waals surface area contributed by atoms with Crippen LogP contribution in [0.1, 0.15) is 43.7 Å². The minimum atomic E-state index is -0.0744. The summed E-state index contributed by atoms with van der Waals surface area (Å²) in [7, 11) is 1.63. The smallest absolute Gasteiger partial charge is 0.131 e. The van der Waals surface area contributed by atoms with Crippen LogP contribution in [-0.2, 0) is 6.42 Å². The van der Waals surface area contributed by atoms with E-state index >= 15 is 0 Å². The number of halogens is 1. The average molecular weight is 328 g/mol. The molecule has 5 aliphatic rings. The number of rotatable bonds is 2. The molecule has 1 aromatic carbocycles. The number of fused-ring (bicyclic) bond motifs is 3. The van der Waals surface area contributed by atoms with E-state index in [0.29, 0.717) is 11.7 Å². The Morgan fingerprint density at radius 3 is 2.96 bits per heavy atom. The summed E-state index contributed by atoms with van der Waals surface area (Å²) in [5.74, 6) is 3.03. The second-order valence-corrected chi connectivity index (χ2v) is 8.32. The van der Waals surface area contributed by atoms with Crippen LogP contribution < -0.4 is 9.64 Å². The Labute approximate surface area is 143 Å². The van der Waals surface area contributed by atoms with E-state index in [1.54, 1.807) is 18.7 Å². The predicted octanol–water partition coefficient (Wildman–Crippen LogP) is 2.87. The topological polar surface area (TPSA) is 13.7 Å². The maximum atomic E-state index is 14.6. The van der Waals surface area contributed by atoms with E-state index in [-0.39, 0.29) is 5.82 Å². The minimum Gasteiger partial charge on any atom is -0.497 e. The number of hydrogen-bond acceptors (Lipinski definition) is 1. The summed E-state index contributed by atoms with van der Waals surface area (Å²) in [6, 6.07) is 4.42. The highest BCUT2D eigenvalue weighted by atomic mass is 19.1. The quantitative estimate of drug-likeness (QED) is 0.881. The number of quaternary nitrogens is 1. The molecular formula is C21H27FNO+. The molecule has 1 saturated carbocycles. The highest BCUT2D eigenvalue weighted by Gasteiger charge is 2.52. The summed E-state index contributed by atoms with van der Waals surface area (Å²) in [6.45, 7) is 4.96. The lowest BCUT2D eigenvalue weighted by Crippen LogP contribution is -3.20. The molecule has 24 heavy (non-hydrogen) atoms.